The first-order valence-corrected chi connectivity index (χ1v) is 12.2. The number of thioether (sulfide) groups is 1. The quantitative estimate of drug-likeness (QED) is 0.324. The lowest BCUT2D eigenvalue weighted by Crippen LogP contribution is -2.22. The topological polar surface area (TPSA) is 73.1 Å². The van der Waals surface area contributed by atoms with Crippen molar-refractivity contribution in [1.82, 2.24) is 19.7 Å². The van der Waals surface area contributed by atoms with Gasteiger partial charge in [0.05, 0.1) is 24.1 Å². The number of anilines is 2. The Labute approximate surface area is 201 Å². The van der Waals surface area contributed by atoms with Gasteiger partial charge in [0.15, 0.2) is 16.1 Å². The van der Waals surface area contributed by atoms with Crippen molar-refractivity contribution in [3.8, 4) is 17.1 Å². The number of para-hydroxylation sites is 1. The summed E-state index contributed by atoms with van der Waals surface area (Å²) in [6, 6.07) is 13.8. The molecule has 2 aromatic heterocycles. The fourth-order valence-electron chi connectivity index (χ4n) is 3.40. The standard InChI is InChI=1S/C24H25N5O2S2/c1-15-10-11-19(12-16(15)2)29(17(3)30)23-25-18(13-32-23)14-33-24-27-26-22(28(24)4)20-8-6-7-9-21(20)31-5/h6-13H,14H2,1-5H3. The molecule has 1 amide bonds. The maximum atomic E-state index is 12.4. The number of aromatic nitrogens is 4. The van der Waals surface area contributed by atoms with E-state index >= 15 is 0 Å². The van der Waals surface area contributed by atoms with Crippen molar-refractivity contribution >= 4 is 39.8 Å². The third-order valence-corrected chi connectivity index (χ3v) is 7.25. The normalized spacial score (nSPS) is 10.9. The highest BCUT2D eigenvalue weighted by Gasteiger charge is 2.19. The predicted molar refractivity (Wildman–Crippen MR) is 133 cm³/mol. The molecule has 0 spiro atoms. The molecule has 0 unspecified atom stereocenters. The minimum absolute atomic E-state index is 0.0680. The Bertz CT molecular complexity index is 1300. The van der Waals surface area contributed by atoms with E-state index < -0.39 is 0 Å². The molecule has 0 N–H and O–H groups in total. The van der Waals surface area contributed by atoms with E-state index in [-0.39, 0.29) is 5.91 Å². The summed E-state index contributed by atoms with van der Waals surface area (Å²) in [6.45, 7) is 5.66. The van der Waals surface area contributed by atoms with Gasteiger partial charge in [0, 0.05) is 25.1 Å². The van der Waals surface area contributed by atoms with E-state index in [2.05, 4.69) is 17.1 Å². The molecule has 0 bridgehead atoms. The Hall–Kier alpha value is -3.17. The van der Waals surface area contributed by atoms with Gasteiger partial charge in [-0.2, -0.15) is 0 Å². The molecular formula is C24H25N5O2S2. The van der Waals surface area contributed by atoms with Crippen LogP contribution in [0.5, 0.6) is 5.75 Å². The zero-order valence-electron chi connectivity index (χ0n) is 19.2. The molecule has 7 nitrogen and oxygen atoms in total. The van der Waals surface area contributed by atoms with Crippen LogP contribution in [0, 0.1) is 13.8 Å². The van der Waals surface area contributed by atoms with Gasteiger partial charge in [0.25, 0.3) is 0 Å². The molecule has 0 saturated heterocycles. The zero-order valence-corrected chi connectivity index (χ0v) is 20.8. The Kier molecular flexibility index (Phi) is 6.80. The maximum absolute atomic E-state index is 12.4. The van der Waals surface area contributed by atoms with Gasteiger partial charge >= 0.3 is 0 Å². The maximum Gasteiger partial charge on any atom is 0.230 e. The molecule has 0 aliphatic heterocycles. The van der Waals surface area contributed by atoms with Crippen LogP contribution in [0.4, 0.5) is 10.8 Å². The molecule has 0 atom stereocenters. The summed E-state index contributed by atoms with van der Waals surface area (Å²) >= 11 is 3.01. The third-order valence-electron chi connectivity index (χ3n) is 5.33. The molecule has 2 heterocycles. The third kappa shape index (κ3) is 4.79. The highest BCUT2D eigenvalue weighted by Crippen LogP contribution is 2.33. The molecule has 9 heteroatoms. The monoisotopic (exact) mass is 479 g/mol. The molecule has 170 valence electrons. The van der Waals surface area contributed by atoms with E-state index in [0.717, 1.165) is 39.2 Å². The molecule has 4 aromatic rings. The number of benzene rings is 2. The molecule has 2 aromatic carbocycles. The van der Waals surface area contributed by atoms with Gasteiger partial charge < -0.3 is 9.30 Å². The van der Waals surface area contributed by atoms with E-state index in [9.17, 15) is 4.79 Å². The lowest BCUT2D eigenvalue weighted by atomic mass is 10.1. The summed E-state index contributed by atoms with van der Waals surface area (Å²) in [6.07, 6.45) is 0. The van der Waals surface area contributed by atoms with Crippen molar-refractivity contribution in [2.24, 2.45) is 7.05 Å². The van der Waals surface area contributed by atoms with Crippen molar-refractivity contribution in [1.29, 1.82) is 0 Å². The highest BCUT2D eigenvalue weighted by atomic mass is 32.2. The average molecular weight is 480 g/mol. The van der Waals surface area contributed by atoms with E-state index in [1.54, 1.807) is 30.7 Å². The Morgan fingerprint density at radius 3 is 2.67 bits per heavy atom. The molecule has 0 aliphatic rings. The van der Waals surface area contributed by atoms with Crippen LogP contribution in [0.15, 0.2) is 53.0 Å². The number of amides is 1. The van der Waals surface area contributed by atoms with Crippen LogP contribution in [-0.4, -0.2) is 32.8 Å². The molecule has 0 fully saturated rings. The Balaban J connectivity index is 1.52. The van der Waals surface area contributed by atoms with Crippen LogP contribution in [0.2, 0.25) is 0 Å². The molecule has 4 rings (SSSR count). The van der Waals surface area contributed by atoms with Gasteiger partial charge in [0.1, 0.15) is 5.75 Å². The number of aryl methyl sites for hydroxylation is 2. The first-order valence-electron chi connectivity index (χ1n) is 10.4. The van der Waals surface area contributed by atoms with Crippen LogP contribution in [0.25, 0.3) is 11.4 Å². The smallest absolute Gasteiger partial charge is 0.230 e. The van der Waals surface area contributed by atoms with E-state index in [1.807, 2.05) is 66.4 Å². The molecule has 0 saturated carbocycles. The first-order chi connectivity index (χ1) is 15.9. The number of hydrogen-bond acceptors (Lipinski definition) is 7. The minimum atomic E-state index is -0.0680. The summed E-state index contributed by atoms with van der Waals surface area (Å²) in [4.78, 5) is 18.8. The van der Waals surface area contributed by atoms with Crippen molar-refractivity contribution in [2.45, 2.75) is 31.7 Å². The van der Waals surface area contributed by atoms with Crippen molar-refractivity contribution in [3.05, 3.63) is 64.7 Å². The number of ether oxygens (including phenoxy) is 1. The second kappa shape index (κ2) is 9.76. The zero-order chi connectivity index (χ0) is 23.5. The van der Waals surface area contributed by atoms with Gasteiger partial charge in [-0.15, -0.1) is 21.5 Å². The number of carbonyl (C=O) groups is 1. The van der Waals surface area contributed by atoms with Crippen molar-refractivity contribution in [2.75, 3.05) is 12.0 Å². The largest absolute Gasteiger partial charge is 0.496 e. The van der Waals surface area contributed by atoms with Gasteiger partial charge in [-0.3, -0.25) is 9.69 Å². The number of methoxy groups -OCH3 is 1. The summed E-state index contributed by atoms with van der Waals surface area (Å²) in [5.74, 6) is 2.05. The fraction of sp³-hybridized carbons (Fsp3) is 0.250. The Morgan fingerprint density at radius 2 is 1.94 bits per heavy atom. The summed E-state index contributed by atoms with van der Waals surface area (Å²) in [5, 5.41) is 12.1. The Morgan fingerprint density at radius 1 is 1.15 bits per heavy atom. The summed E-state index contributed by atoms with van der Waals surface area (Å²) < 4.78 is 7.41. The molecule has 33 heavy (non-hydrogen) atoms. The summed E-state index contributed by atoms with van der Waals surface area (Å²) in [7, 11) is 3.58. The van der Waals surface area contributed by atoms with Crippen LogP contribution in [-0.2, 0) is 17.6 Å². The first kappa shape index (κ1) is 23.0. The molecule has 0 aliphatic carbocycles. The van der Waals surface area contributed by atoms with E-state index in [4.69, 9.17) is 9.72 Å². The van der Waals surface area contributed by atoms with Crippen molar-refractivity contribution in [3.63, 3.8) is 0 Å². The number of carbonyl (C=O) groups excluding carboxylic acids is 1. The average Bonchev–Trinajstić information content (AvgIpc) is 3.41. The fourth-order valence-corrected chi connectivity index (χ4v) is 5.20. The van der Waals surface area contributed by atoms with E-state index in [0.29, 0.717) is 10.9 Å². The SMILES string of the molecule is COc1ccccc1-c1nnc(SCc2csc(N(C(C)=O)c3ccc(C)c(C)c3)n2)n1C. The van der Waals surface area contributed by atoms with Gasteiger partial charge in [0.2, 0.25) is 5.91 Å². The minimum Gasteiger partial charge on any atom is -0.496 e. The van der Waals surface area contributed by atoms with Crippen LogP contribution >= 0.6 is 23.1 Å². The van der Waals surface area contributed by atoms with Gasteiger partial charge in [-0.05, 0) is 49.2 Å². The second-order valence-electron chi connectivity index (χ2n) is 7.60. The van der Waals surface area contributed by atoms with Crippen LogP contribution in [0.3, 0.4) is 0 Å². The number of nitrogens with zero attached hydrogens (tertiary/aromatic N) is 5. The predicted octanol–water partition coefficient (Wildman–Crippen LogP) is 5.54. The number of hydrogen-bond donors (Lipinski definition) is 0. The summed E-state index contributed by atoms with van der Waals surface area (Å²) in [5.41, 5.74) is 4.93. The van der Waals surface area contributed by atoms with Crippen LogP contribution < -0.4 is 9.64 Å². The number of rotatable bonds is 7. The molecule has 0 radical (unpaired) electrons. The van der Waals surface area contributed by atoms with Crippen LogP contribution in [0.1, 0.15) is 23.7 Å². The van der Waals surface area contributed by atoms with Gasteiger partial charge in [-0.25, -0.2) is 4.98 Å². The van der Waals surface area contributed by atoms with Crippen molar-refractivity contribution < 1.29 is 9.53 Å². The van der Waals surface area contributed by atoms with E-state index in [1.165, 1.54) is 16.9 Å². The van der Waals surface area contributed by atoms with Gasteiger partial charge in [-0.1, -0.05) is 30.0 Å². The lowest BCUT2D eigenvalue weighted by Gasteiger charge is -2.19. The lowest BCUT2D eigenvalue weighted by molar-refractivity contribution is -0.115. The molecular weight excluding hydrogens is 454 g/mol. The highest BCUT2D eigenvalue weighted by molar-refractivity contribution is 7.98. The second-order valence-corrected chi connectivity index (χ2v) is 9.38. The number of thiazole rings is 1.